The van der Waals surface area contributed by atoms with Gasteiger partial charge in [-0.25, -0.2) is 0 Å². The molecule has 2 saturated carbocycles. The molecule has 2 aliphatic rings. The maximum absolute atomic E-state index is 11.6. The fourth-order valence-electron chi connectivity index (χ4n) is 2.25. The van der Waals surface area contributed by atoms with Crippen molar-refractivity contribution in [2.24, 2.45) is 5.92 Å². The Labute approximate surface area is 85.4 Å². The molecule has 80 valence electrons. The van der Waals surface area contributed by atoms with Crippen molar-refractivity contribution in [2.45, 2.75) is 44.2 Å². The summed E-state index contributed by atoms with van der Waals surface area (Å²) in [5, 5.41) is 0. The number of methoxy groups -OCH3 is 1. The van der Waals surface area contributed by atoms with Gasteiger partial charge in [-0.15, -0.1) is 0 Å². The fraction of sp³-hybridized carbons (Fsp3) is 0.909. The van der Waals surface area contributed by atoms with Gasteiger partial charge in [-0.05, 0) is 38.6 Å². The van der Waals surface area contributed by atoms with Gasteiger partial charge in [0.2, 0.25) is 0 Å². The number of ether oxygens (including phenoxy) is 1. The number of carbonyl (C=O) groups is 1. The summed E-state index contributed by atoms with van der Waals surface area (Å²) in [4.78, 5) is 13.9. The van der Waals surface area contributed by atoms with E-state index in [-0.39, 0.29) is 12.0 Å². The quantitative estimate of drug-likeness (QED) is 0.638. The first-order chi connectivity index (χ1) is 6.74. The molecule has 0 bridgehead atoms. The number of rotatable bonds is 4. The van der Waals surface area contributed by atoms with Gasteiger partial charge in [-0.2, -0.15) is 0 Å². The molecule has 0 heterocycles. The second kappa shape index (κ2) is 3.89. The van der Waals surface area contributed by atoms with Crippen LogP contribution in [0.5, 0.6) is 0 Å². The third-order valence-electron chi connectivity index (χ3n) is 3.60. The van der Waals surface area contributed by atoms with Gasteiger partial charge in [0.05, 0.1) is 7.11 Å². The molecule has 0 aliphatic heterocycles. The minimum atomic E-state index is -0.0399. The Morgan fingerprint density at radius 3 is 2.36 bits per heavy atom. The molecule has 0 aromatic heterocycles. The highest BCUT2D eigenvalue weighted by Crippen LogP contribution is 2.38. The second-order valence-electron chi connectivity index (χ2n) is 4.56. The van der Waals surface area contributed by atoms with E-state index in [0.29, 0.717) is 12.0 Å². The molecule has 0 saturated heterocycles. The Bertz CT molecular complexity index is 221. The van der Waals surface area contributed by atoms with Gasteiger partial charge in [-0.3, -0.25) is 9.69 Å². The summed E-state index contributed by atoms with van der Waals surface area (Å²) in [6.45, 7) is 0. The zero-order valence-electron chi connectivity index (χ0n) is 9.03. The Kier molecular flexibility index (Phi) is 2.77. The number of nitrogens with zero attached hydrogens (tertiary/aromatic N) is 1. The molecule has 0 N–H and O–H groups in total. The van der Waals surface area contributed by atoms with E-state index < -0.39 is 0 Å². The maximum atomic E-state index is 11.6. The number of hydrogen-bond acceptors (Lipinski definition) is 3. The van der Waals surface area contributed by atoms with Crippen molar-refractivity contribution in [1.82, 2.24) is 4.90 Å². The highest BCUT2D eigenvalue weighted by Gasteiger charge is 2.42. The molecule has 1 atom stereocenters. The lowest BCUT2D eigenvalue weighted by atomic mass is 9.90. The molecule has 2 rings (SSSR count). The molecule has 0 spiro atoms. The zero-order chi connectivity index (χ0) is 10.1. The van der Waals surface area contributed by atoms with Gasteiger partial charge >= 0.3 is 5.97 Å². The molecule has 2 aliphatic carbocycles. The van der Waals surface area contributed by atoms with Crippen molar-refractivity contribution in [2.75, 3.05) is 14.2 Å². The van der Waals surface area contributed by atoms with Crippen LogP contribution in [-0.2, 0) is 9.53 Å². The largest absolute Gasteiger partial charge is 0.468 e. The van der Waals surface area contributed by atoms with Gasteiger partial charge in [-0.1, -0.05) is 6.42 Å². The highest BCUT2D eigenvalue weighted by atomic mass is 16.5. The van der Waals surface area contributed by atoms with Crippen molar-refractivity contribution >= 4 is 5.97 Å². The van der Waals surface area contributed by atoms with Crippen molar-refractivity contribution in [1.29, 1.82) is 0 Å². The number of hydrogen-bond donors (Lipinski definition) is 0. The lowest BCUT2D eigenvalue weighted by molar-refractivity contribution is -0.149. The molecule has 0 amide bonds. The van der Waals surface area contributed by atoms with E-state index in [1.165, 1.54) is 39.2 Å². The van der Waals surface area contributed by atoms with Crippen LogP contribution in [0.1, 0.15) is 32.1 Å². The zero-order valence-corrected chi connectivity index (χ0v) is 9.03. The van der Waals surface area contributed by atoms with E-state index in [0.717, 1.165) is 0 Å². The van der Waals surface area contributed by atoms with E-state index >= 15 is 0 Å². The van der Waals surface area contributed by atoms with E-state index in [4.69, 9.17) is 4.74 Å². The number of carbonyl (C=O) groups excluding carboxylic acids is 1. The molecular weight excluding hydrogens is 178 g/mol. The molecule has 3 nitrogen and oxygen atoms in total. The SMILES string of the molecule is COC(=O)C(C1CC1)N(C)C1CCC1. The van der Waals surface area contributed by atoms with Gasteiger partial charge in [0, 0.05) is 6.04 Å². The summed E-state index contributed by atoms with van der Waals surface area (Å²) in [7, 11) is 3.57. The molecule has 0 aromatic rings. The van der Waals surface area contributed by atoms with E-state index in [2.05, 4.69) is 11.9 Å². The van der Waals surface area contributed by atoms with Crippen LogP contribution in [0, 0.1) is 5.92 Å². The molecule has 0 aromatic carbocycles. The van der Waals surface area contributed by atoms with Crippen molar-refractivity contribution < 1.29 is 9.53 Å². The van der Waals surface area contributed by atoms with Gasteiger partial charge in [0.1, 0.15) is 6.04 Å². The lowest BCUT2D eigenvalue weighted by Crippen LogP contribution is -2.49. The maximum Gasteiger partial charge on any atom is 0.323 e. The van der Waals surface area contributed by atoms with Crippen molar-refractivity contribution in [3.8, 4) is 0 Å². The number of esters is 1. The molecule has 3 heteroatoms. The van der Waals surface area contributed by atoms with Crippen LogP contribution in [0.2, 0.25) is 0 Å². The first-order valence-electron chi connectivity index (χ1n) is 5.54. The van der Waals surface area contributed by atoms with Crippen LogP contribution >= 0.6 is 0 Å². The van der Waals surface area contributed by atoms with Crippen molar-refractivity contribution in [3.63, 3.8) is 0 Å². The van der Waals surface area contributed by atoms with Crippen LogP contribution in [-0.4, -0.2) is 37.1 Å². The Morgan fingerprint density at radius 2 is 2.00 bits per heavy atom. The van der Waals surface area contributed by atoms with Crippen LogP contribution < -0.4 is 0 Å². The van der Waals surface area contributed by atoms with Gasteiger partial charge in [0.15, 0.2) is 0 Å². The Balaban J connectivity index is 1.97. The third kappa shape index (κ3) is 1.78. The van der Waals surface area contributed by atoms with E-state index in [1.54, 1.807) is 0 Å². The Hall–Kier alpha value is -0.570. The summed E-state index contributed by atoms with van der Waals surface area (Å²) in [6.07, 6.45) is 6.19. The summed E-state index contributed by atoms with van der Waals surface area (Å²) in [5.74, 6) is 0.523. The van der Waals surface area contributed by atoms with Crippen LogP contribution in [0.3, 0.4) is 0 Å². The van der Waals surface area contributed by atoms with Crippen LogP contribution in [0.4, 0.5) is 0 Å². The van der Waals surface area contributed by atoms with Crippen molar-refractivity contribution in [3.05, 3.63) is 0 Å². The van der Waals surface area contributed by atoms with Crippen LogP contribution in [0.15, 0.2) is 0 Å². The van der Waals surface area contributed by atoms with E-state index in [1.807, 2.05) is 0 Å². The third-order valence-corrected chi connectivity index (χ3v) is 3.60. The minimum Gasteiger partial charge on any atom is -0.468 e. The normalized spacial score (nSPS) is 24.5. The predicted molar refractivity (Wildman–Crippen MR) is 53.9 cm³/mol. The lowest BCUT2D eigenvalue weighted by Gasteiger charge is -2.38. The Morgan fingerprint density at radius 1 is 1.36 bits per heavy atom. The molecule has 2 fully saturated rings. The van der Waals surface area contributed by atoms with Gasteiger partial charge < -0.3 is 4.74 Å². The standard InChI is InChI=1S/C11H19NO2/c1-12(9-4-3-5-9)10(8-6-7-8)11(13)14-2/h8-10H,3-7H2,1-2H3. The molecular formula is C11H19NO2. The second-order valence-corrected chi connectivity index (χ2v) is 4.56. The van der Waals surface area contributed by atoms with Crippen LogP contribution in [0.25, 0.3) is 0 Å². The fourth-order valence-corrected chi connectivity index (χ4v) is 2.25. The first kappa shape index (κ1) is 9.97. The van der Waals surface area contributed by atoms with Gasteiger partial charge in [0.25, 0.3) is 0 Å². The summed E-state index contributed by atoms with van der Waals surface area (Å²) >= 11 is 0. The minimum absolute atomic E-state index is 0.0327. The predicted octanol–water partition coefficient (Wildman–Crippen LogP) is 1.42. The molecule has 0 radical (unpaired) electrons. The molecule has 14 heavy (non-hydrogen) atoms. The summed E-state index contributed by atoms with van der Waals surface area (Å²) in [5.41, 5.74) is 0. The first-order valence-corrected chi connectivity index (χ1v) is 5.54. The summed E-state index contributed by atoms with van der Waals surface area (Å²) < 4.78 is 4.87. The average molecular weight is 197 g/mol. The number of likely N-dealkylation sites (N-methyl/N-ethyl adjacent to an activating group) is 1. The molecule has 1 unspecified atom stereocenters. The monoisotopic (exact) mass is 197 g/mol. The topological polar surface area (TPSA) is 29.5 Å². The highest BCUT2D eigenvalue weighted by molar-refractivity contribution is 5.76. The smallest absolute Gasteiger partial charge is 0.323 e. The van der Waals surface area contributed by atoms with E-state index in [9.17, 15) is 4.79 Å². The summed E-state index contributed by atoms with van der Waals surface area (Å²) in [6, 6.07) is 0.657. The average Bonchev–Trinajstić information content (AvgIpc) is 2.85.